The molecule has 2 nitrogen and oxygen atoms in total. The summed E-state index contributed by atoms with van der Waals surface area (Å²) in [6, 6.07) is 16.1. The Labute approximate surface area is 190 Å². The first-order valence-corrected chi connectivity index (χ1v) is 12.0. The van der Waals surface area contributed by atoms with Crippen molar-refractivity contribution in [2.24, 2.45) is 33.7 Å². The molecule has 0 radical (unpaired) electrons. The Hall–Kier alpha value is -2.18. The zero-order chi connectivity index (χ0) is 23.0. The monoisotopic (exact) mass is 418 g/mol. The summed E-state index contributed by atoms with van der Waals surface area (Å²) in [6.45, 7) is 18.2. The molecule has 0 fully saturated rings. The van der Waals surface area contributed by atoms with Crippen molar-refractivity contribution in [2.45, 2.75) is 81.1 Å². The van der Waals surface area contributed by atoms with Crippen molar-refractivity contribution in [1.29, 1.82) is 0 Å². The second-order valence-corrected chi connectivity index (χ2v) is 10.6. The van der Waals surface area contributed by atoms with Gasteiger partial charge in [-0.3, -0.25) is 0 Å². The first-order valence-electron chi connectivity index (χ1n) is 12.0. The molecular weight excluding hydrogens is 376 g/mol. The number of aliphatic imine (C=N–C) groups is 2. The molecule has 2 aromatic rings. The van der Waals surface area contributed by atoms with Crippen LogP contribution in [0.2, 0.25) is 0 Å². The fraction of sp³-hybridized carbons (Fsp3) is 0.552. The SMILES string of the molecule is CC(C)Cc1ccc(N=C=Nc2ccc(CC(C)C)c(CC(C)C)c2)cc1CC(C)C. The molecule has 0 aliphatic carbocycles. The largest absolute Gasteiger partial charge is 0.188 e. The fourth-order valence-electron chi connectivity index (χ4n) is 4.04. The minimum atomic E-state index is 0.627. The van der Waals surface area contributed by atoms with Gasteiger partial charge in [0.15, 0.2) is 0 Å². The van der Waals surface area contributed by atoms with Gasteiger partial charge in [0.1, 0.15) is 6.01 Å². The van der Waals surface area contributed by atoms with Crippen LogP contribution in [0.1, 0.15) is 77.6 Å². The predicted octanol–water partition coefficient (Wildman–Crippen LogP) is 8.62. The van der Waals surface area contributed by atoms with Gasteiger partial charge in [-0.15, -0.1) is 0 Å². The van der Waals surface area contributed by atoms with Crippen molar-refractivity contribution in [1.82, 2.24) is 0 Å². The van der Waals surface area contributed by atoms with Crippen molar-refractivity contribution >= 4 is 17.4 Å². The van der Waals surface area contributed by atoms with Crippen LogP contribution in [-0.2, 0) is 25.7 Å². The van der Waals surface area contributed by atoms with Crippen LogP contribution in [0.15, 0.2) is 46.4 Å². The van der Waals surface area contributed by atoms with Gasteiger partial charge in [-0.25, -0.2) is 0 Å². The third-order valence-corrected chi connectivity index (χ3v) is 5.25. The van der Waals surface area contributed by atoms with Crippen LogP contribution in [0.3, 0.4) is 0 Å². The van der Waals surface area contributed by atoms with Crippen molar-refractivity contribution in [3.63, 3.8) is 0 Å². The number of hydrogen-bond donors (Lipinski definition) is 0. The summed E-state index contributed by atoms with van der Waals surface area (Å²) in [5.74, 6) is 2.56. The molecule has 0 aliphatic rings. The Kier molecular flexibility index (Phi) is 9.72. The summed E-state index contributed by atoms with van der Waals surface area (Å²) in [4.78, 5) is 9.07. The molecule has 0 heterocycles. The summed E-state index contributed by atoms with van der Waals surface area (Å²) in [7, 11) is 0. The average Bonchev–Trinajstić information content (AvgIpc) is 2.64. The molecule has 0 unspecified atom stereocenters. The van der Waals surface area contributed by atoms with Gasteiger partial charge in [0.05, 0.1) is 11.4 Å². The van der Waals surface area contributed by atoms with Gasteiger partial charge in [-0.05, 0) is 95.9 Å². The standard InChI is InChI=1S/C29H42N2/c1-20(2)13-24-9-11-28(17-26(24)15-22(5)6)30-19-31-29-12-10-25(14-21(3)4)27(18-29)16-23(7)8/h9-12,17-18,20-23H,13-16H2,1-8H3. The van der Waals surface area contributed by atoms with Gasteiger partial charge in [-0.1, -0.05) is 67.5 Å². The first-order chi connectivity index (χ1) is 14.6. The molecule has 0 atom stereocenters. The van der Waals surface area contributed by atoms with Crippen LogP contribution in [0.25, 0.3) is 0 Å². The van der Waals surface area contributed by atoms with Gasteiger partial charge in [-0.2, -0.15) is 9.98 Å². The molecule has 168 valence electrons. The van der Waals surface area contributed by atoms with Crippen molar-refractivity contribution < 1.29 is 0 Å². The second-order valence-electron chi connectivity index (χ2n) is 10.6. The lowest BCUT2D eigenvalue weighted by Crippen LogP contribution is -2.02. The summed E-state index contributed by atoms with van der Waals surface area (Å²) in [5, 5.41) is 0. The number of nitrogens with zero attached hydrogens (tertiary/aromatic N) is 2. The molecule has 0 N–H and O–H groups in total. The van der Waals surface area contributed by atoms with Gasteiger partial charge in [0.25, 0.3) is 0 Å². The summed E-state index contributed by atoms with van der Waals surface area (Å²) in [5.41, 5.74) is 7.57. The van der Waals surface area contributed by atoms with Gasteiger partial charge >= 0.3 is 0 Å². The zero-order valence-electron chi connectivity index (χ0n) is 21.0. The summed E-state index contributed by atoms with van der Waals surface area (Å²) >= 11 is 0. The zero-order valence-corrected chi connectivity index (χ0v) is 21.0. The van der Waals surface area contributed by atoms with Crippen LogP contribution in [0.4, 0.5) is 11.4 Å². The quantitative estimate of drug-likeness (QED) is 0.345. The van der Waals surface area contributed by atoms with Crippen molar-refractivity contribution in [3.8, 4) is 0 Å². The molecule has 0 aromatic heterocycles. The van der Waals surface area contributed by atoms with E-state index in [0.29, 0.717) is 23.7 Å². The molecule has 0 aliphatic heterocycles. The lowest BCUT2D eigenvalue weighted by molar-refractivity contribution is 0.616. The highest BCUT2D eigenvalue weighted by Gasteiger charge is 2.09. The topological polar surface area (TPSA) is 24.7 Å². The van der Waals surface area contributed by atoms with Crippen LogP contribution < -0.4 is 0 Å². The molecule has 0 bridgehead atoms. The van der Waals surface area contributed by atoms with Gasteiger partial charge in [0, 0.05) is 0 Å². The first kappa shape index (κ1) is 25.1. The van der Waals surface area contributed by atoms with E-state index in [1.54, 1.807) is 0 Å². The highest BCUT2D eigenvalue weighted by Crippen LogP contribution is 2.25. The maximum Gasteiger partial charge on any atom is 0.100 e. The predicted molar refractivity (Wildman–Crippen MR) is 136 cm³/mol. The normalized spacial score (nSPS) is 11.5. The molecule has 2 rings (SSSR count). The maximum absolute atomic E-state index is 4.53. The summed E-state index contributed by atoms with van der Waals surface area (Å²) < 4.78 is 0. The molecule has 2 aromatic carbocycles. The molecule has 0 spiro atoms. The van der Waals surface area contributed by atoms with Gasteiger partial charge < -0.3 is 0 Å². The lowest BCUT2D eigenvalue weighted by atomic mass is 9.92. The minimum Gasteiger partial charge on any atom is -0.188 e. The highest BCUT2D eigenvalue weighted by atomic mass is 14.8. The van der Waals surface area contributed by atoms with E-state index < -0.39 is 0 Å². The van der Waals surface area contributed by atoms with E-state index in [9.17, 15) is 0 Å². The Balaban J connectivity index is 2.28. The van der Waals surface area contributed by atoms with Crippen LogP contribution in [-0.4, -0.2) is 6.01 Å². The molecular formula is C29H42N2. The second kappa shape index (κ2) is 12.0. The third-order valence-electron chi connectivity index (χ3n) is 5.25. The maximum atomic E-state index is 4.53. The number of rotatable bonds is 10. The highest BCUT2D eigenvalue weighted by molar-refractivity contribution is 5.59. The molecule has 0 saturated heterocycles. The summed E-state index contributed by atoms with van der Waals surface area (Å²) in [6.07, 6.45) is 4.39. The Morgan fingerprint density at radius 2 is 0.839 bits per heavy atom. The third kappa shape index (κ3) is 8.83. The van der Waals surface area contributed by atoms with Crippen LogP contribution in [0, 0.1) is 23.7 Å². The lowest BCUT2D eigenvalue weighted by Gasteiger charge is -2.14. The molecule has 2 heteroatoms. The molecule has 0 saturated carbocycles. The van der Waals surface area contributed by atoms with E-state index in [1.807, 2.05) is 0 Å². The van der Waals surface area contributed by atoms with E-state index in [4.69, 9.17) is 0 Å². The molecule has 0 amide bonds. The van der Waals surface area contributed by atoms with Crippen LogP contribution >= 0.6 is 0 Å². The smallest absolute Gasteiger partial charge is 0.100 e. The van der Waals surface area contributed by atoms with E-state index >= 15 is 0 Å². The van der Waals surface area contributed by atoms with Crippen molar-refractivity contribution in [2.75, 3.05) is 0 Å². The molecule has 31 heavy (non-hydrogen) atoms. The Bertz CT molecular complexity index is 825. The van der Waals surface area contributed by atoms with Gasteiger partial charge in [0.2, 0.25) is 0 Å². The van der Waals surface area contributed by atoms with E-state index in [0.717, 1.165) is 37.1 Å². The number of hydrogen-bond acceptors (Lipinski definition) is 2. The van der Waals surface area contributed by atoms with Crippen molar-refractivity contribution in [3.05, 3.63) is 58.7 Å². The Morgan fingerprint density at radius 3 is 1.16 bits per heavy atom. The van der Waals surface area contributed by atoms with E-state index in [2.05, 4.69) is 108 Å². The average molecular weight is 419 g/mol. The fourth-order valence-corrected chi connectivity index (χ4v) is 4.04. The Morgan fingerprint density at radius 1 is 0.516 bits per heavy atom. The minimum absolute atomic E-state index is 0.627. The van der Waals surface area contributed by atoms with Crippen LogP contribution in [0.5, 0.6) is 0 Å². The van der Waals surface area contributed by atoms with E-state index in [1.165, 1.54) is 22.3 Å². The van der Waals surface area contributed by atoms with E-state index in [-0.39, 0.29) is 0 Å². The number of benzene rings is 2.